The second-order valence-corrected chi connectivity index (χ2v) is 8.07. The molecule has 2 heterocycles. The highest BCUT2D eigenvalue weighted by Crippen LogP contribution is 2.39. The van der Waals surface area contributed by atoms with Crippen LogP contribution in [0.4, 0.5) is 0 Å². The number of hydrogen-bond acceptors (Lipinski definition) is 5. The van der Waals surface area contributed by atoms with Crippen LogP contribution < -0.4 is 5.32 Å². The third-order valence-electron chi connectivity index (χ3n) is 4.94. The molecule has 0 spiro atoms. The summed E-state index contributed by atoms with van der Waals surface area (Å²) in [4.78, 5) is 29.5. The number of nitrogens with one attached hydrogen (secondary N) is 1. The molecule has 3 fully saturated rings. The van der Waals surface area contributed by atoms with E-state index in [2.05, 4.69) is 17.1 Å². The molecule has 2 atom stereocenters. The molecule has 24 heavy (non-hydrogen) atoms. The van der Waals surface area contributed by atoms with Crippen molar-refractivity contribution in [2.24, 2.45) is 5.92 Å². The van der Waals surface area contributed by atoms with Crippen LogP contribution in [0, 0.1) is 5.92 Å². The fourth-order valence-electron chi connectivity index (χ4n) is 3.35. The molecular weight excluding hydrogens is 326 g/mol. The minimum absolute atomic E-state index is 0.0170. The molecule has 1 aliphatic carbocycles. The monoisotopic (exact) mass is 355 g/mol. The molecule has 2 unspecified atom stereocenters. The van der Waals surface area contributed by atoms with E-state index in [1.54, 1.807) is 11.8 Å². The van der Waals surface area contributed by atoms with Gasteiger partial charge >= 0.3 is 0 Å². The van der Waals surface area contributed by atoms with Gasteiger partial charge in [-0.25, -0.2) is 0 Å². The summed E-state index contributed by atoms with van der Waals surface area (Å²) in [6, 6.07) is -0.288. The number of carbonyl (C=O) groups excluding carboxylic acids is 2. The molecule has 2 amide bonds. The lowest BCUT2D eigenvalue weighted by atomic mass is 10.2. The third-order valence-corrected chi connectivity index (χ3v) is 6.30. The molecule has 136 valence electrons. The summed E-state index contributed by atoms with van der Waals surface area (Å²) in [5, 5.41) is 3.23. The molecule has 3 aliphatic rings. The van der Waals surface area contributed by atoms with E-state index < -0.39 is 0 Å². The Kier molecular flexibility index (Phi) is 6.41. The van der Waals surface area contributed by atoms with E-state index in [-0.39, 0.29) is 29.1 Å². The van der Waals surface area contributed by atoms with E-state index in [0.717, 1.165) is 64.3 Å². The lowest BCUT2D eigenvalue weighted by Gasteiger charge is -2.30. The van der Waals surface area contributed by atoms with Crippen molar-refractivity contribution in [1.82, 2.24) is 15.1 Å². The Labute approximate surface area is 148 Å². The fraction of sp³-hybridized carbons (Fsp3) is 0.882. The van der Waals surface area contributed by atoms with E-state index in [9.17, 15) is 9.59 Å². The van der Waals surface area contributed by atoms with Crippen molar-refractivity contribution in [2.45, 2.75) is 44.0 Å². The summed E-state index contributed by atoms with van der Waals surface area (Å²) >= 11 is 1.76. The van der Waals surface area contributed by atoms with Gasteiger partial charge in [0.25, 0.3) is 0 Å². The van der Waals surface area contributed by atoms with Crippen molar-refractivity contribution in [3.05, 3.63) is 0 Å². The summed E-state index contributed by atoms with van der Waals surface area (Å²) in [6.07, 6.45) is 3.99. The van der Waals surface area contributed by atoms with Crippen molar-refractivity contribution < 1.29 is 14.3 Å². The first-order chi connectivity index (χ1) is 11.7. The average Bonchev–Trinajstić information content (AvgIpc) is 3.36. The average molecular weight is 356 g/mol. The van der Waals surface area contributed by atoms with Gasteiger partial charge in [-0.2, -0.15) is 0 Å². The number of thioether (sulfide) groups is 1. The van der Waals surface area contributed by atoms with Crippen LogP contribution in [0.2, 0.25) is 0 Å². The van der Waals surface area contributed by atoms with E-state index in [4.69, 9.17) is 4.74 Å². The van der Waals surface area contributed by atoms with Crippen LogP contribution in [0.1, 0.15) is 32.6 Å². The minimum atomic E-state index is -0.288. The van der Waals surface area contributed by atoms with Crippen LogP contribution in [-0.4, -0.2) is 78.2 Å². The Bertz CT molecular complexity index is 452. The number of amides is 2. The quantitative estimate of drug-likeness (QED) is 0.736. The van der Waals surface area contributed by atoms with Crippen LogP contribution in [0.15, 0.2) is 0 Å². The molecule has 3 rings (SSSR count). The Balaban J connectivity index is 1.50. The van der Waals surface area contributed by atoms with Gasteiger partial charge in [-0.05, 0) is 19.3 Å². The van der Waals surface area contributed by atoms with Crippen molar-refractivity contribution in [3.63, 3.8) is 0 Å². The van der Waals surface area contributed by atoms with Crippen LogP contribution >= 0.6 is 11.8 Å². The van der Waals surface area contributed by atoms with E-state index in [1.807, 2.05) is 4.90 Å². The van der Waals surface area contributed by atoms with Gasteiger partial charge in [0.1, 0.15) is 6.04 Å². The largest absolute Gasteiger partial charge is 0.379 e. The highest BCUT2D eigenvalue weighted by atomic mass is 32.2. The van der Waals surface area contributed by atoms with Gasteiger partial charge in [0, 0.05) is 37.8 Å². The normalized spacial score (nSPS) is 28.1. The molecule has 0 aromatic heterocycles. The molecule has 0 radical (unpaired) electrons. The van der Waals surface area contributed by atoms with Gasteiger partial charge in [-0.1, -0.05) is 13.3 Å². The standard InChI is InChI=1S/C17H29N3O3S/c1-2-3-15-20(17(22)13-4-5-13)14(12-24-15)16(21)18-6-7-19-8-10-23-11-9-19/h13-15H,2-12H2,1H3,(H,18,21). The topological polar surface area (TPSA) is 61.9 Å². The van der Waals surface area contributed by atoms with E-state index in [0.29, 0.717) is 6.54 Å². The number of hydrogen-bond donors (Lipinski definition) is 1. The number of morpholine rings is 1. The molecule has 0 aromatic rings. The van der Waals surface area contributed by atoms with Crippen LogP contribution in [0.3, 0.4) is 0 Å². The zero-order valence-electron chi connectivity index (χ0n) is 14.5. The van der Waals surface area contributed by atoms with Crippen molar-refractivity contribution >= 4 is 23.6 Å². The Morgan fingerprint density at radius 2 is 2.00 bits per heavy atom. The molecule has 0 aromatic carbocycles. The zero-order chi connectivity index (χ0) is 16.9. The zero-order valence-corrected chi connectivity index (χ0v) is 15.4. The predicted octanol–water partition coefficient (Wildman–Crippen LogP) is 0.915. The molecule has 1 saturated carbocycles. The Hall–Kier alpha value is -0.790. The maximum absolute atomic E-state index is 12.6. The number of carbonyl (C=O) groups is 2. The summed E-state index contributed by atoms with van der Waals surface area (Å²) in [5.41, 5.74) is 0. The lowest BCUT2D eigenvalue weighted by molar-refractivity contribution is -0.140. The van der Waals surface area contributed by atoms with Gasteiger partial charge in [-0.3, -0.25) is 14.5 Å². The Morgan fingerprint density at radius 1 is 1.25 bits per heavy atom. The van der Waals surface area contributed by atoms with Crippen LogP contribution in [-0.2, 0) is 14.3 Å². The summed E-state index contributed by atoms with van der Waals surface area (Å²) < 4.78 is 5.34. The summed E-state index contributed by atoms with van der Waals surface area (Å²) in [7, 11) is 0. The highest BCUT2D eigenvalue weighted by molar-refractivity contribution is 8.00. The summed E-state index contributed by atoms with van der Waals surface area (Å²) in [6.45, 7) is 7.04. The number of rotatable bonds is 7. The molecular formula is C17H29N3O3S. The first-order valence-corrected chi connectivity index (χ1v) is 10.3. The smallest absolute Gasteiger partial charge is 0.243 e. The van der Waals surface area contributed by atoms with Crippen LogP contribution in [0.25, 0.3) is 0 Å². The fourth-order valence-corrected chi connectivity index (χ4v) is 4.88. The molecule has 2 aliphatic heterocycles. The van der Waals surface area contributed by atoms with Gasteiger partial charge in [-0.15, -0.1) is 11.8 Å². The molecule has 7 heteroatoms. The third kappa shape index (κ3) is 4.43. The van der Waals surface area contributed by atoms with Gasteiger partial charge in [0.05, 0.1) is 18.6 Å². The first kappa shape index (κ1) is 18.0. The SMILES string of the molecule is CCCC1SCC(C(=O)NCCN2CCOCC2)N1C(=O)C1CC1. The second-order valence-electron chi connectivity index (χ2n) is 6.86. The van der Waals surface area contributed by atoms with Gasteiger partial charge in [0.2, 0.25) is 11.8 Å². The van der Waals surface area contributed by atoms with E-state index >= 15 is 0 Å². The van der Waals surface area contributed by atoms with Crippen LogP contribution in [0.5, 0.6) is 0 Å². The van der Waals surface area contributed by atoms with E-state index in [1.165, 1.54) is 0 Å². The van der Waals surface area contributed by atoms with Gasteiger partial charge in [0.15, 0.2) is 0 Å². The first-order valence-electron chi connectivity index (χ1n) is 9.22. The second kappa shape index (κ2) is 8.54. The Morgan fingerprint density at radius 3 is 2.67 bits per heavy atom. The van der Waals surface area contributed by atoms with Crippen molar-refractivity contribution in [2.75, 3.05) is 45.1 Å². The lowest BCUT2D eigenvalue weighted by Crippen LogP contribution is -2.51. The highest BCUT2D eigenvalue weighted by Gasteiger charge is 2.45. The molecule has 2 saturated heterocycles. The van der Waals surface area contributed by atoms with Gasteiger partial charge < -0.3 is 15.0 Å². The minimum Gasteiger partial charge on any atom is -0.379 e. The molecule has 0 bridgehead atoms. The van der Waals surface area contributed by atoms with Crippen molar-refractivity contribution in [3.8, 4) is 0 Å². The molecule has 6 nitrogen and oxygen atoms in total. The maximum Gasteiger partial charge on any atom is 0.243 e. The predicted molar refractivity (Wildman–Crippen MR) is 94.8 cm³/mol. The summed E-state index contributed by atoms with van der Waals surface area (Å²) in [5.74, 6) is 1.12. The number of nitrogens with zero attached hydrogens (tertiary/aromatic N) is 2. The molecule has 1 N–H and O–H groups in total. The maximum atomic E-state index is 12.6. The number of ether oxygens (including phenoxy) is 1. The van der Waals surface area contributed by atoms with Crippen molar-refractivity contribution in [1.29, 1.82) is 0 Å².